The molecule has 1 saturated carbocycles. The van der Waals surface area contributed by atoms with Crippen LogP contribution in [0.15, 0.2) is 6.33 Å². The fourth-order valence-corrected chi connectivity index (χ4v) is 1.82. The number of rotatable bonds is 6. The topological polar surface area (TPSA) is 47.8 Å². The van der Waals surface area contributed by atoms with Gasteiger partial charge in [0.25, 0.3) is 0 Å². The second-order valence-corrected chi connectivity index (χ2v) is 4.99. The fourth-order valence-electron chi connectivity index (χ4n) is 1.82. The van der Waals surface area contributed by atoms with Crippen molar-refractivity contribution >= 4 is 5.78 Å². The number of hydrogen-bond acceptors (Lipinski definition) is 3. The standard InChI is InChI=1S/C12H19N3O/c1-9(2)7-15-12(13-8-14-15)6-5-11(16)10-3-4-10/h8-10H,3-7H2,1-2H3. The third-order valence-electron chi connectivity index (χ3n) is 2.86. The second-order valence-electron chi connectivity index (χ2n) is 4.99. The van der Waals surface area contributed by atoms with E-state index in [9.17, 15) is 4.79 Å². The molecule has 0 unspecified atom stereocenters. The quantitative estimate of drug-likeness (QED) is 0.736. The van der Waals surface area contributed by atoms with Crippen LogP contribution in [0.3, 0.4) is 0 Å². The number of hydrogen-bond donors (Lipinski definition) is 0. The molecule has 1 aromatic rings. The van der Waals surface area contributed by atoms with Crippen molar-refractivity contribution in [3.8, 4) is 0 Å². The maximum absolute atomic E-state index is 11.6. The summed E-state index contributed by atoms with van der Waals surface area (Å²) in [4.78, 5) is 15.8. The molecule has 0 spiro atoms. The maximum Gasteiger partial charge on any atom is 0.138 e. The largest absolute Gasteiger partial charge is 0.299 e. The molecule has 0 amide bonds. The average molecular weight is 221 g/mol. The molecule has 1 heterocycles. The predicted molar refractivity (Wildman–Crippen MR) is 60.9 cm³/mol. The van der Waals surface area contributed by atoms with E-state index in [1.54, 1.807) is 6.33 Å². The minimum Gasteiger partial charge on any atom is -0.299 e. The average Bonchev–Trinajstić information content (AvgIpc) is 2.98. The molecule has 88 valence electrons. The van der Waals surface area contributed by atoms with E-state index in [0.29, 0.717) is 24.0 Å². The molecule has 1 aromatic heterocycles. The summed E-state index contributed by atoms with van der Waals surface area (Å²) in [6.45, 7) is 5.19. The van der Waals surface area contributed by atoms with E-state index in [-0.39, 0.29) is 0 Å². The van der Waals surface area contributed by atoms with Crippen molar-refractivity contribution in [1.82, 2.24) is 14.8 Å². The van der Waals surface area contributed by atoms with Crippen LogP contribution in [0.4, 0.5) is 0 Å². The monoisotopic (exact) mass is 221 g/mol. The second kappa shape index (κ2) is 4.76. The Labute approximate surface area is 96.1 Å². The SMILES string of the molecule is CC(C)Cn1ncnc1CCC(=O)C1CC1. The summed E-state index contributed by atoms with van der Waals surface area (Å²) in [7, 11) is 0. The van der Waals surface area contributed by atoms with Crippen LogP contribution >= 0.6 is 0 Å². The van der Waals surface area contributed by atoms with Crippen molar-refractivity contribution in [1.29, 1.82) is 0 Å². The molecule has 0 bridgehead atoms. The lowest BCUT2D eigenvalue weighted by Crippen LogP contribution is -2.12. The van der Waals surface area contributed by atoms with E-state index >= 15 is 0 Å². The van der Waals surface area contributed by atoms with Crippen molar-refractivity contribution in [3.05, 3.63) is 12.2 Å². The van der Waals surface area contributed by atoms with Gasteiger partial charge in [-0.2, -0.15) is 5.10 Å². The zero-order valence-corrected chi connectivity index (χ0v) is 10.0. The Morgan fingerprint density at radius 1 is 1.56 bits per heavy atom. The molecule has 0 aromatic carbocycles. The van der Waals surface area contributed by atoms with E-state index in [4.69, 9.17) is 0 Å². The van der Waals surface area contributed by atoms with Crippen LogP contribution in [-0.4, -0.2) is 20.5 Å². The van der Waals surface area contributed by atoms with Gasteiger partial charge in [-0.15, -0.1) is 0 Å². The van der Waals surface area contributed by atoms with E-state index in [1.807, 2.05) is 4.68 Å². The van der Waals surface area contributed by atoms with Crippen LogP contribution < -0.4 is 0 Å². The van der Waals surface area contributed by atoms with Gasteiger partial charge in [0, 0.05) is 25.3 Å². The molecule has 0 atom stereocenters. The van der Waals surface area contributed by atoms with E-state index in [2.05, 4.69) is 23.9 Å². The molecule has 0 N–H and O–H groups in total. The van der Waals surface area contributed by atoms with E-state index < -0.39 is 0 Å². The minimum atomic E-state index is 0.362. The zero-order valence-electron chi connectivity index (χ0n) is 10.0. The van der Waals surface area contributed by atoms with Crippen molar-refractivity contribution in [2.45, 2.75) is 46.1 Å². The van der Waals surface area contributed by atoms with Crippen LogP contribution in [0.5, 0.6) is 0 Å². The fraction of sp³-hybridized carbons (Fsp3) is 0.750. The first kappa shape index (κ1) is 11.3. The van der Waals surface area contributed by atoms with Gasteiger partial charge in [-0.25, -0.2) is 9.67 Å². The first-order valence-electron chi connectivity index (χ1n) is 6.06. The summed E-state index contributed by atoms with van der Waals surface area (Å²) in [5, 5.41) is 4.19. The Morgan fingerprint density at radius 3 is 2.94 bits per heavy atom. The molecular weight excluding hydrogens is 202 g/mol. The molecule has 16 heavy (non-hydrogen) atoms. The highest BCUT2D eigenvalue weighted by Gasteiger charge is 2.29. The Morgan fingerprint density at radius 2 is 2.31 bits per heavy atom. The first-order valence-corrected chi connectivity index (χ1v) is 6.06. The van der Waals surface area contributed by atoms with Gasteiger partial charge < -0.3 is 0 Å². The van der Waals surface area contributed by atoms with Crippen molar-refractivity contribution in [2.24, 2.45) is 11.8 Å². The number of carbonyl (C=O) groups excluding carboxylic acids is 1. The van der Waals surface area contributed by atoms with Crippen molar-refractivity contribution < 1.29 is 4.79 Å². The molecule has 4 nitrogen and oxygen atoms in total. The molecule has 0 saturated heterocycles. The van der Waals surface area contributed by atoms with Gasteiger partial charge in [0.1, 0.15) is 17.9 Å². The Balaban J connectivity index is 1.87. The van der Waals surface area contributed by atoms with Gasteiger partial charge in [-0.3, -0.25) is 4.79 Å². The highest BCUT2D eigenvalue weighted by atomic mass is 16.1. The lowest BCUT2D eigenvalue weighted by molar-refractivity contribution is -0.120. The highest BCUT2D eigenvalue weighted by Crippen LogP contribution is 2.31. The van der Waals surface area contributed by atoms with Crippen LogP contribution in [0.2, 0.25) is 0 Å². The molecule has 0 aliphatic heterocycles. The number of aryl methyl sites for hydroxylation is 1. The van der Waals surface area contributed by atoms with Crippen molar-refractivity contribution in [2.75, 3.05) is 0 Å². The lowest BCUT2D eigenvalue weighted by Gasteiger charge is -2.07. The highest BCUT2D eigenvalue weighted by molar-refractivity contribution is 5.83. The van der Waals surface area contributed by atoms with Crippen LogP contribution in [0.25, 0.3) is 0 Å². The van der Waals surface area contributed by atoms with Gasteiger partial charge in [-0.05, 0) is 18.8 Å². The molecular formula is C12H19N3O. The van der Waals surface area contributed by atoms with Gasteiger partial charge in [-0.1, -0.05) is 13.8 Å². The summed E-state index contributed by atoms with van der Waals surface area (Å²) < 4.78 is 1.92. The maximum atomic E-state index is 11.6. The third-order valence-corrected chi connectivity index (χ3v) is 2.86. The number of carbonyl (C=O) groups is 1. The lowest BCUT2D eigenvalue weighted by atomic mass is 10.1. The number of aromatic nitrogens is 3. The third kappa shape index (κ3) is 2.90. The number of ketones is 1. The van der Waals surface area contributed by atoms with E-state index in [0.717, 1.165) is 31.6 Å². The minimum absolute atomic E-state index is 0.362. The van der Waals surface area contributed by atoms with Crippen molar-refractivity contribution in [3.63, 3.8) is 0 Å². The summed E-state index contributed by atoms with van der Waals surface area (Å²) in [6.07, 6.45) is 5.14. The predicted octanol–water partition coefficient (Wildman–Crippen LogP) is 1.85. The molecule has 1 aliphatic carbocycles. The van der Waals surface area contributed by atoms with Gasteiger partial charge >= 0.3 is 0 Å². The van der Waals surface area contributed by atoms with Crippen LogP contribution in [0, 0.1) is 11.8 Å². The summed E-state index contributed by atoms with van der Waals surface area (Å²) in [5.74, 6) is 2.27. The van der Waals surface area contributed by atoms with Gasteiger partial charge in [0.15, 0.2) is 0 Å². The molecule has 2 rings (SSSR count). The Kier molecular flexibility index (Phi) is 3.36. The first-order chi connectivity index (χ1) is 7.66. The summed E-state index contributed by atoms with van der Waals surface area (Å²) in [6, 6.07) is 0. The van der Waals surface area contributed by atoms with Crippen LogP contribution in [0.1, 0.15) is 38.9 Å². The molecule has 0 radical (unpaired) electrons. The smallest absolute Gasteiger partial charge is 0.138 e. The van der Waals surface area contributed by atoms with Crippen LogP contribution in [-0.2, 0) is 17.8 Å². The number of Topliss-reactive ketones (excluding diaryl/α,β-unsaturated/α-hetero) is 1. The van der Waals surface area contributed by atoms with E-state index in [1.165, 1.54) is 0 Å². The normalized spacial score (nSPS) is 15.7. The number of nitrogens with zero attached hydrogens (tertiary/aromatic N) is 3. The molecule has 1 fully saturated rings. The molecule has 1 aliphatic rings. The van der Waals surface area contributed by atoms with Gasteiger partial charge in [0.05, 0.1) is 0 Å². The summed E-state index contributed by atoms with van der Waals surface area (Å²) in [5.41, 5.74) is 0. The molecule has 4 heteroatoms. The zero-order chi connectivity index (χ0) is 11.5. The summed E-state index contributed by atoms with van der Waals surface area (Å²) >= 11 is 0. The van der Waals surface area contributed by atoms with Gasteiger partial charge in [0.2, 0.25) is 0 Å². The Hall–Kier alpha value is -1.19. The Bertz CT molecular complexity index is 366.